The van der Waals surface area contributed by atoms with Gasteiger partial charge in [0, 0.05) is 12.1 Å². The summed E-state index contributed by atoms with van der Waals surface area (Å²) in [7, 11) is 0. The average molecular weight is 255 g/mol. The Morgan fingerprint density at radius 3 is 2.59 bits per heavy atom. The van der Waals surface area contributed by atoms with Crippen molar-refractivity contribution in [3.63, 3.8) is 0 Å². The molecule has 0 unspecified atom stereocenters. The van der Waals surface area contributed by atoms with Crippen molar-refractivity contribution in [3.8, 4) is 0 Å². The quantitative estimate of drug-likeness (QED) is 0.794. The highest BCUT2D eigenvalue weighted by molar-refractivity contribution is 6.33. The standard InChI is InChI=1S/C13H19ClN2O/c1-3-9(4-2)8-16-13(17)10-5-6-12(15)11(14)7-10/h5-7,9H,3-4,8,15H2,1-2H3,(H,16,17). The zero-order valence-corrected chi connectivity index (χ0v) is 11.1. The lowest BCUT2D eigenvalue weighted by Gasteiger charge is -2.13. The number of carbonyl (C=O) groups is 1. The first-order chi connectivity index (χ1) is 8.08. The lowest BCUT2D eigenvalue weighted by molar-refractivity contribution is 0.0946. The number of hydrogen-bond acceptors (Lipinski definition) is 2. The van der Waals surface area contributed by atoms with Gasteiger partial charge in [-0.25, -0.2) is 0 Å². The second-order valence-electron chi connectivity index (χ2n) is 4.13. The molecule has 0 aliphatic rings. The molecule has 1 aromatic carbocycles. The largest absolute Gasteiger partial charge is 0.398 e. The Hall–Kier alpha value is -1.22. The van der Waals surface area contributed by atoms with Crippen molar-refractivity contribution < 1.29 is 4.79 Å². The molecule has 17 heavy (non-hydrogen) atoms. The van der Waals surface area contributed by atoms with E-state index in [2.05, 4.69) is 19.2 Å². The maximum absolute atomic E-state index is 11.8. The molecule has 1 rings (SSSR count). The molecular formula is C13H19ClN2O. The third-order valence-corrected chi connectivity index (χ3v) is 3.30. The van der Waals surface area contributed by atoms with Crippen LogP contribution in [0.25, 0.3) is 0 Å². The molecule has 0 aliphatic heterocycles. The Morgan fingerprint density at radius 2 is 2.06 bits per heavy atom. The van der Waals surface area contributed by atoms with Crippen molar-refractivity contribution in [2.45, 2.75) is 26.7 Å². The van der Waals surface area contributed by atoms with Gasteiger partial charge in [0.15, 0.2) is 0 Å². The van der Waals surface area contributed by atoms with E-state index in [9.17, 15) is 4.79 Å². The van der Waals surface area contributed by atoms with Crippen LogP contribution in [0.2, 0.25) is 5.02 Å². The Labute approximate surface area is 107 Å². The van der Waals surface area contributed by atoms with E-state index in [1.807, 2.05) is 0 Å². The normalized spacial score (nSPS) is 10.6. The second kappa shape index (κ2) is 6.50. The summed E-state index contributed by atoms with van der Waals surface area (Å²) in [5.41, 5.74) is 6.63. The molecule has 0 saturated carbocycles. The maximum atomic E-state index is 11.8. The first-order valence-corrected chi connectivity index (χ1v) is 6.29. The number of rotatable bonds is 5. The lowest BCUT2D eigenvalue weighted by atomic mass is 10.0. The molecule has 94 valence electrons. The third-order valence-electron chi connectivity index (χ3n) is 2.97. The van der Waals surface area contributed by atoms with Crippen LogP contribution in [0.1, 0.15) is 37.0 Å². The molecule has 1 aromatic rings. The summed E-state index contributed by atoms with van der Waals surface area (Å²) in [6.45, 7) is 4.95. The van der Waals surface area contributed by atoms with Gasteiger partial charge in [-0.15, -0.1) is 0 Å². The van der Waals surface area contributed by atoms with E-state index in [4.69, 9.17) is 17.3 Å². The minimum atomic E-state index is -0.0983. The fourth-order valence-corrected chi connectivity index (χ4v) is 1.77. The monoisotopic (exact) mass is 254 g/mol. The topological polar surface area (TPSA) is 55.1 Å². The molecule has 3 N–H and O–H groups in total. The van der Waals surface area contributed by atoms with Crippen molar-refractivity contribution in [1.82, 2.24) is 5.32 Å². The number of carbonyl (C=O) groups excluding carboxylic acids is 1. The number of nitrogens with one attached hydrogen (secondary N) is 1. The fourth-order valence-electron chi connectivity index (χ4n) is 1.58. The van der Waals surface area contributed by atoms with Crippen molar-refractivity contribution >= 4 is 23.2 Å². The maximum Gasteiger partial charge on any atom is 0.251 e. The molecule has 3 nitrogen and oxygen atoms in total. The summed E-state index contributed by atoms with van der Waals surface area (Å²) in [5, 5.41) is 3.33. The van der Waals surface area contributed by atoms with Crippen LogP contribution in [-0.2, 0) is 0 Å². The summed E-state index contributed by atoms with van der Waals surface area (Å²) in [6.07, 6.45) is 2.14. The smallest absolute Gasteiger partial charge is 0.251 e. The zero-order chi connectivity index (χ0) is 12.8. The molecule has 1 amide bonds. The molecule has 0 spiro atoms. The van der Waals surface area contributed by atoms with Crippen molar-refractivity contribution in [1.29, 1.82) is 0 Å². The average Bonchev–Trinajstić information content (AvgIpc) is 2.33. The Kier molecular flexibility index (Phi) is 5.29. The van der Waals surface area contributed by atoms with E-state index in [0.717, 1.165) is 12.8 Å². The van der Waals surface area contributed by atoms with E-state index >= 15 is 0 Å². The SMILES string of the molecule is CCC(CC)CNC(=O)c1ccc(N)c(Cl)c1. The van der Waals surface area contributed by atoms with Crippen molar-refractivity contribution in [2.24, 2.45) is 5.92 Å². The minimum Gasteiger partial charge on any atom is -0.398 e. The number of benzene rings is 1. The van der Waals surface area contributed by atoms with Crippen LogP contribution in [0.5, 0.6) is 0 Å². The van der Waals surface area contributed by atoms with Crippen LogP contribution in [0.4, 0.5) is 5.69 Å². The first kappa shape index (κ1) is 13.8. The molecule has 0 fully saturated rings. The van der Waals surface area contributed by atoms with Crippen LogP contribution >= 0.6 is 11.6 Å². The number of hydrogen-bond donors (Lipinski definition) is 2. The van der Waals surface area contributed by atoms with E-state index in [1.54, 1.807) is 18.2 Å². The number of nitrogen functional groups attached to an aromatic ring is 1. The zero-order valence-electron chi connectivity index (χ0n) is 10.3. The highest BCUT2D eigenvalue weighted by Gasteiger charge is 2.09. The highest BCUT2D eigenvalue weighted by Crippen LogP contribution is 2.19. The molecule has 0 atom stereocenters. The summed E-state index contributed by atoms with van der Waals surface area (Å²) < 4.78 is 0. The molecule has 4 heteroatoms. The number of halogens is 1. The Bertz CT molecular complexity index is 389. The lowest BCUT2D eigenvalue weighted by Crippen LogP contribution is -2.28. The van der Waals surface area contributed by atoms with E-state index in [0.29, 0.717) is 28.7 Å². The molecule has 0 aromatic heterocycles. The van der Waals surface area contributed by atoms with Gasteiger partial charge in [0.1, 0.15) is 0 Å². The predicted octanol–water partition coefficient (Wildman–Crippen LogP) is 3.09. The molecule has 0 heterocycles. The van der Waals surface area contributed by atoms with E-state index in [-0.39, 0.29) is 5.91 Å². The van der Waals surface area contributed by atoms with Crippen molar-refractivity contribution in [2.75, 3.05) is 12.3 Å². The minimum absolute atomic E-state index is 0.0983. The fraction of sp³-hybridized carbons (Fsp3) is 0.462. The second-order valence-corrected chi connectivity index (χ2v) is 4.54. The number of nitrogens with two attached hydrogens (primary N) is 1. The van der Waals surface area contributed by atoms with Gasteiger partial charge in [-0.05, 0) is 24.1 Å². The van der Waals surface area contributed by atoms with Gasteiger partial charge in [0.2, 0.25) is 0 Å². The first-order valence-electron chi connectivity index (χ1n) is 5.91. The summed E-state index contributed by atoms with van der Waals surface area (Å²) >= 11 is 5.87. The highest BCUT2D eigenvalue weighted by atomic mass is 35.5. The van der Waals surface area contributed by atoms with Crippen LogP contribution in [0, 0.1) is 5.92 Å². The van der Waals surface area contributed by atoms with Crippen LogP contribution < -0.4 is 11.1 Å². The predicted molar refractivity (Wildman–Crippen MR) is 72.3 cm³/mol. The van der Waals surface area contributed by atoms with E-state index in [1.165, 1.54) is 0 Å². The Morgan fingerprint density at radius 1 is 1.41 bits per heavy atom. The van der Waals surface area contributed by atoms with Crippen LogP contribution in [-0.4, -0.2) is 12.5 Å². The van der Waals surface area contributed by atoms with Crippen molar-refractivity contribution in [3.05, 3.63) is 28.8 Å². The summed E-state index contributed by atoms with van der Waals surface area (Å²) in [4.78, 5) is 11.8. The number of amides is 1. The number of anilines is 1. The third kappa shape index (κ3) is 3.93. The molecule has 0 bridgehead atoms. The molecule has 0 aliphatic carbocycles. The molecular weight excluding hydrogens is 236 g/mol. The van der Waals surface area contributed by atoms with Gasteiger partial charge in [-0.3, -0.25) is 4.79 Å². The molecule has 0 saturated heterocycles. The van der Waals surface area contributed by atoms with Gasteiger partial charge in [0.25, 0.3) is 5.91 Å². The summed E-state index contributed by atoms with van der Waals surface area (Å²) in [6, 6.07) is 4.93. The van der Waals surface area contributed by atoms with Gasteiger partial charge in [-0.2, -0.15) is 0 Å². The van der Waals surface area contributed by atoms with Gasteiger partial charge < -0.3 is 11.1 Å². The van der Waals surface area contributed by atoms with Crippen LogP contribution in [0.3, 0.4) is 0 Å². The molecule has 0 radical (unpaired) electrons. The van der Waals surface area contributed by atoms with Crippen LogP contribution in [0.15, 0.2) is 18.2 Å². The summed E-state index contributed by atoms with van der Waals surface area (Å²) in [5.74, 6) is 0.432. The Balaban J connectivity index is 2.61. The van der Waals surface area contributed by atoms with Gasteiger partial charge >= 0.3 is 0 Å². The van der Waals surface area contributed by atoms with Gasteiger partial charge in [0.05, 0.1) is 10.7 Å². The van der Waals surface area contributed by atoms with Gasteiger partial charge in [-0.1, -0.05) is 38.3 Å². The van der Waals surface area contributed by atoms with E-state index < -0.39 is 0 Å².